The van der Waals surface area contributed by atoms with Gasteiger partial charge in [0, 0.05) is 5.92 Å². The minimum absolute atomic E-state index is 0.170. The number of aliphatic hydroxyl groups excluding tert-OH is 1. The van der Waals surface area contributed by atoms with Gasteiger partial charge in [-0.25, -0.2) is 0 Å². The van der Waals surface area contributed by atoms with Crippen molar-refractivity contribution in [2.45, 2.75) is 44.6 Å². The number of rotatable bonds is 0. The average Bonchev–Trinajstić information content (AvgIpc) is 2.72. The lowest BCUT2D eigenvalue weighted by Gasteiger charge is -2.39. The highest BCUT2D eigenvalue weighted by molar-refractivity contribution is 5.67. The molecule has 0 heterocycles. The lowest BCUT2D eigenvalue weighted by atomic mass is 9.65. The van der Waals surface area contributed by atoms with Crippen LogP contribution in [0.15, 0.2) is 35.4 Å². The SMILES string of the molecule is CC12CCC3C(=C1C[C@@H](O)C2)C=Cc1cc(O)ccc13. The number of aromatic hydroxyl groups is 1. The minimum Gasteiger partial charge on any atom is -0.508 e. The van der Waals surface area contributed by atoms with Gasteiger partial charge in [0.2, 0.25) is 0 Å². The maximum absolute atomic E-state index is 10.1. The third-order valence-electron chi connectivity index (χ3n) is 5.45. The van der Waals surface area contributed by atoms with E-state index in [2.05, 4.69) is 25.1 Å². The molecule has 0 radical (unpaired) electrons. The van der Waals surface area contributed by atoms with E-state index in [1.54, 1.807) is 6.07 Å². The van der Waals surface area contributed by atoms with E-state index in [1.165, 1.54) is 16.7 Å². The molecular formula is C18H20O2. The molecule has 0 saturated heterocycles. The number of hydrogen-bond acceptors (Lipinski definition) is 2. The van der Waals surface area contributed by atoms with E-state index < -0.39 is 0 Å². The molecule has 20 heavy (non-hydrogen) atoms. The fourth-order valence-corrected chi connectivity index (χ4v) is 4.49. The molecule has 2 N–H and O–H groups in total. The van der Waals surface area contributed by atoms with Crippen molar-refractivity contribution in [3.05, 3.63) is 46.5 Å². The van der Waals surface area contributed by atoms with Gasteiger partial charge in [0.15, 0.2) is 0 Å². The van der Waals surface area contributed by atoms with Gasteiger partial charge in [0.1, 0.15) is 5.75 Å². The predicted octanol–water partition coefficient (Wildman–Crippen LogP) is 3.75. The second kappa shape index (κ2) is 3.98. The van der Waals surface area contributed by atoms with Crippen LogP contribution < -0.4 is 0 Å². The third kappa shape index (κ3) is 1.61. The Kier molecular flexibility index (Phi) is 2.43. The number of benzene rings is 1. The van der Waals surface area contributed by atoms with Crippen LogP contribution in [0, 0.1) is 5.41 Å². The Balaban J connectivity index is 1.87. The zero-order chi connectivity index (χ0) is 13.9. The summed E-state index contributed by atoms with van der Waals surface area (Å²) in [6, 6.07) is 5.70. The summed E-state index contributed by atoms with van der Waals surface area (Å²) in [5.41, 5.74) is 5.56. The van der Waals surface area contributed by atoms with Crippen molar-refractivity contribution >= 4 is 6.08 Å². The van der Waals surface area contributed by atoms with Crippen LogP contribution >= 0.6 is 0 Å². The van der Waals surface area contributed by atoms with E-state index in [-0.39, 0.29) is 11.5 Å². The van der Waals surface area contributed by atoms with E-state index in [9.17, 15) is 10.2 Å². The highest BCUT2D eigenvalue weighted by Gasteiger charge is 2.45. The van der Waals surface area contributed by atoms with Gasteiger partial charge >= 0.3 is 0 Å². The van der Waals surface area contributed by atoms with Crippen LogP contribution in [0.4, 0.5) is 0 Å². The molecule has 1 fully saturated rings. The normalized spacial score (nSPS) is 34.7. The molecule has 2 heteroatoms. The molecule has 1 aromatic carbocycles. The van der Waals surface area contributed by atoms with Crippen molar-refractivity contribution < 1.29 is 10.2 Å². The number of hydrogen-bond donors (Lipinski definition) is 2. The Bertz CT molecular complexity index is 641. The molecule has 3 atom stereocenters. The monoisotopic (exact) mass is 268 g/mol. The number of aliphatic hydroxyl groups is 1. The molecule has 0 amide bonds. The van der Waals surface area contributed by atoms with Crippen LogP contribution in [0.25, 0.3) is 6.08 Å². The Morgan fingerprint density at radius 2 is 2.10 bits per heavy atom. The van der Waals surface area contributed by atoms with Gasteiger partial charge in [-0.05, 0) is 59.9 Å². The average molecular weight is 268 g/mol. The molecule has 3 aliphatic carbocycles. The summed E-state index contributed by atoms with van der Waals surface area (Å²) in [6.45, 7) is 2.31. The Morgan fingerprint density at radius 3 is 2.95 bits per heavy atom. The van der Waals surface area contributed by atoms with Gasteiger partial charge in [-0.3, -0.25) is 0 Å². The van der Waals surface area contributed by atoms with Crippen LogP contribution in [0.3, 0.4) is 0 Å². The summed E-state index contributed by atoms with van der Waals surface area (Å²) in [4.78, 5) is 0. The molecule has 1 aromatic rings. The Morgan fingerprint density at radius 1 is 1.25 bits per heavy atom. The highest BCUT2D eigenvalue weighted by atomic mass is 16.3. The van der Waals surface area contributed by atoms with Gasteiger partial charge in [0.05, 0.1) is 6.10 Å². The van der Waals surface area contributed by atoms with E-state index in [0.717, 1.165) is 31.2 Å². The summed E-state index contributed by atoms with van der Waals surface area (Å²) >= 11 is 0. The summed E-state index contributed by atoms with van der Waals surface area (Å²) < 4.78 is 0. The maximum atomic E-state index is 10.1. The molecule has 104 valence electrons. The molecule has 0 aliphatic heterocycles. The maximum Gasteiger partial charge on any atom is 0.116 e. The zero-order valence-corrected chi connectivity index (χ0v) is 11.8. The van der Waals surface area contributed by atoms with Crippen LogP contribution in [-0.4, -0.2) is 16.3 Å². The minimum atomic E-state index is -0.170. The fourth-order valence-electron chi connectivity index (χ4n) is 4.49. The number of allylic oxidation sites excluding steroid dienone is 2. The van der Waals surface area contributed by atoms with Crippen molar-refractivity contribution in [3.63, 3.8) is 0 Å². The first-order valence-corrected chi connectivity index (χ1v) is 7.49. The largest absolute Gasteiger partial charge is 0.508 e. The fraction of sp³-hybridized carbons (Fsp3) is 0.444. The number of fused-ring (bicyclic) bond motifs is 4. The molecule has 3 aliphatic rings. The summed E-state index contributed by atoms with van der Waals surface area (Å²) in [7, 11) is 0. The topological polar surface area (TPSA) is 40.5 Å². The Hall–Kier alpha value is -1.54. The quantitative estimate of drug-likeness (QED) is 0.752. The van der Waals surface area contributed by atoms with E-state index in [1.807, 2.05) is 6.07 Å². The van der Waals surface area contributed by atoms with E-state index in [0.29, 0.717) is 11.7 Å². The van der Waals surface area contributed by atoms with Crippen molar-refractivity contribution in [1.29, 1.82) is 0 Å². The van der Waals surface area contributed by atoms with Gasteiger partial charge in [0.25, 0.3) is 0 Å². The van der Waals surface area contributed by atoms with Crippen LogP contribution in [0.2, 0.25) is 0 Å². The first kappa shape index (κ1) is 12.2. The zero-order valence-electron chi connectivity index (χ0n) is 11.8. The van der Waals surface area contributed by atoms with Gasteiger partial charge < -0.3 is 10.2 Å². The molecule has 2 nitrogen and oxygen atoms in total. The van der Waals surface area contributed by atoms with Gasteiger partial charge in [-0.2, -0.15) is 0 Å². The number of phenolic OH excluding ortho intramolecular Hbond substituents is 1. The van der Waals surface area contributed by atoms with Crippen LogP contribution in [-0.2, 0) is 0 Å². The van der Waals surface area contributed by atoms with Gasteiger partial charge in [-0.15, -0.1) is 0 Å². The van der Waals surface area contributed by atoms with Crippen LogP contribution in [0.5, 0.6) is 5.75 Å². The molecular weight excluding hydrogens is 248 g/mol. The van der Waals surface area contributed by atoms with E-state index >= 15 is 0 Å². The van der Waals surface area contributed by atoms with Gasteiger partial charge in [-0.1, -0.05) is 30.7 Å². The molecule has 4 rings (SSSR count). The molecule has 0 bridgehead atoms. The standard InChI is InChI=1S/C18H20O2/c1-18-7-6-15-14-5-3-12(19)8-11(14)2-4-16(15)17(18)9-13(20)10-18/h2-5,8,13,15,19-20H,6-7,9-10H2,1H3/t13-,15?,18?/m1/s1. The second-order valence-electron chi connectivity index (χ2n) is 6.79. The lowest BCUT2D eigenvalue weighted by molar-refractivity contribution is 0.159. The van der Waals surface area contributed by atoms with Crippen molar-refractivity contribution in [3.8, 4) is 5.75 Å². The highest BCUT2D eigenvalue weighted by Crippen LogP contribution is 2.56. The first-order chi connectivity index (χ1) is 9.57. The summed E-state index contributed by atoms with van der Waals surface area (Å²) in [5, 5.41) is 19.7. The third-order valence-corrected chi connectivity index (χ3v) is 5.45. The molecule has 0 aromatic heterocycles. The lowest BCUT2D eigenvalue weighted by Crippen LogP contribution is -2.25. The molecule has 0 spiro atoms. The van der Waals surface area contributed by atoms with Crippen molar-refractivity contribution in [2.75, 3.05) is 0 Å². The molecule has 2 unspecified atom stereocenters. The Labute approximate surface area is 119 Å². The molecule has 1 saturated carbocycles. The summed E-state index contributed by atoms with van der Waals surface area (Å²) in [5.74, 6) is 0.783. The van der Waals surface area contributed by atoms with Crippen molar-refractivity contribution in [2.24, 2.45) is 5.41 Å². The van der Waals surface area contributed by atoms with E-state index in [4.69, 9.17) is 0 Å². The first-order valence-electron chi connectivity index (χ1n) is 7.49. The van der Waals surface area contributed by atoms with Crippen molar-refractivity contribution in [1.82, 2.24) is 0 Å². The number of phenols is 1. The predicted molar refractivity (Wildman–Crippen MR) is 79.5 cm³/mol. The smallest absolute Gasteiger partial charge is 0.116 e. The van der Waals surface area contributed by atoms with Crippen LogP contribution in [0.1, 0.15) is 49.7 Å². The summed E-state index contributed by atoms with van der Waals surface area (Å²) in [6.07, 6.45) is 8.21. The second-order valence-corrected chi connectivity index (χ2v) is 6.79.